The van der Waals surface area contributed by atoms with Gasteiger partial charge in [-0.25, -0.2) is 9.29 Å². The highest BCUT2D eigenvalue weighted by molar-refractivity contribution is 6.25. The first kappa shape index (κ1) is 27.0. The molecule has 3 fully saturated rings. The SMILES string of the molecule is C=Cc1ccc(N2C(=O)C3CC=C4C(CC5C(=O)N(c6ccccc6)C(=O)C5(C)C4c4cccc(F)c4O)C3C2=O)cc1. The zero-order valence-corrected chi connectivity index (χ0v) is 23.4. The minimum absolute atomic E-state index is 0.173. The van der Waals surface area contributed by atoms with Gasteiger partial charge in [0.1, 0.15) is 0 Å². The Hall–Kier alpha value is -4.85. The summed E-state index contributed by atoms with van der Waals surface area (Å²) in [5.41, 5.74) is 1.24. The van der Waals surface area contributed by atoms with Crippen molar-refractivity contribution >= 4 is 41.1 Å². The van der Waals surface area contributed by atoms with Gasteiger partial charge in [-0.15, -0.1) is 0 Å². The molecule has 2 saturated heterocycles. The number of carbonyl (C=O) groups excluding carboxylic acids is 4. The molecule has 2 heterocycles. The number of carbonyl (C=O) groups is 4. The average molecular weight is 577 g/mol. The third kappa shape index (κ3) is 3.65. The molecule has 43 heavy (non-hydrogen) atoms. The molecule has 0 radical (unpaired) electrons. The first-order valence-corrected chi connectivity index (χ1v) is 14.4. The molecule has 0 bridgehead atoms. The first-order valence-electron chi connectivity index (χ1n) is 14.4. The van der Waals surface area contributed by atoms with Gasteiger partial charge in [-0.3, -0.25) is 24.1 Å². The zero-order valence-electron chi connectivity index (χ0n) is 23.4. The third-order valence-electron chi connectivity index (χ3n) is 10.0. The lowest BCUT2D eigenvalue weighted by Crippen LogP contribution is -2.49. The largest absolute Gasteiger partial charge is 0.505 e. The quantitative estimate of drug-likeness (QED) is 0.322. The van der Waals surface area contributed by atoms with Gasteiger partial charge in [-0.1, -0.05) is 66.8 Å². The van der Waals surface area contributed by atoms with Crippen molar-refractivity contribution in [3.8, 4) is 5.75 Å². The summed E-state index contributed by atoms with van der Waals surface area (Å²) in [5.74, 6) is -6.66. The Morgan fingerprint density at radius 1 is 0.860 bits per heavy atom. The van der Waals surface area contributed by atoms with Crippen LogP contribution in [0.3, 0.4) is 0 Å². The number of halogens is 1. The summed E-state index contributed by atoms with van der Waals surface area (Å²) in [7, 11) is 0. The van der Waals surface area contributed by atoms with Crippen molar-refractivity contribution in [2.24, 2.45) is 29.1 Å². The van der Waals surface area contributed by atoms with Crippen LogP contribution in [0, 0.1) is 34.9 Å². The fourth-order valence-corrected chi connectivity index (χ4v) is 7.96. The minimum Gasteiger partial charge on any atom is -0.505 e. The van der Waals surface area contributed by atoms with E-state index < -0.39 is 58.4 Å². The van der Waals surface area contributed by atoms with Crippen molar-refractivity contribution in [1.29, 1.82) is 0 Å². The second kappa shape index (κ2) is 9.59. The Morgan fingerprint density at radius 3 is 2.26 bits per heavy atom. The molecule has 8 heteroatoms. The molecule has 4 aliphatic rings. The number of anilines is 2. The maximum absolute atomic E-state index is 14.8. The Morgan fingerprint density at radius 2 is 1.56 bits per heavy atom. The van der Waals surface area contributed by atoms with E-state index in [1.807, 2.05) is 6.08 Å². The smallest absolute Gasteiger partial charge is 0.241 e. The molecule has 7 nitrogen and oxygen atoms in total. The molecule has 3 aromatic rings. The molecule has 2 aliphatic carbocycles. The highest BCUT2D eigenvalue weighted by atomic mass is 19.1. The van der Waals surface area contributed by atoms with E-state index in [0.717, 1.165) is 11.6 Å². The van der Waals surface area contributed by atoms with Crippen molar-refractivity contribution < 1.29 is 28.7 Å². The van der Waals surface area contributed by atoms with Gasteiger partial charge < -0.3 is 5.11 Å². The summed E-state index contributed by atoms with van der Waals surface area (Å²) >= 11 is 0. The highest BCUT2D eigenvalue weighted by Crippen LogP contribution is 2.64. The number of imide groups is 2. The molecule has 3 aromatic carbocycles. The van der Waals surface area contributed by atoms with Gasteiger partial charge >= 0.3 is 0 Å². The van der Waals surface area contributed by atoms with Gasteiger partial charge in [0, 0.05) is 11.5 Å². The summed E-state index contributed by atoms with van der Waals surface area (Å²) in [6, 6.07) is 19.8. The predicted molar refractivity (Wildman–Crippen MR) is 158 cm³/mol. The number of nitrogens with zero attached hydrogens (tertiary/aromatic N) is 2. The fraction of sp³-hybridized carbons (Fsp3) is 0.257. The van der Waals surface area contributed by atoms with Gasteiger partial charge in [-0.05, 0) is 61.6 Å². The molecule has 1 N–H and O–H groups in total. The minimum atomic E-state index is -1.36. The van der Waals surface area contributed by atoms with Crippen molar-refractivity contribution in [1.82, 2.24) is 0 Å². The first-order chi connectivity index (χ1) is 20.7. The standard InChI is InChI=1S/C35H29FN2O5/c1-3-19-12-14-21(15-13-19)37-31(40)23-17-16-22-25(28(23)33(37)42)18-26-32(41)38(20-8-5-4-6-9-20)34(43)35(26,2)29(22)24-10-7-11-27(36)30(24)39/h3-16,23,25-26,28-29,39H,1,17-18H2,2H3. The number of aromatic hydroxyl groups is 1. The fourth-order valence-electron chi connectivity index (χ4n) is 7.96. The van der Waals surface area contributed by atoms with Crippen LogP contribution in [0.1, 0.15) is 36.8 Å². The Kier molecular flexibility index (Phi) is 6.02. The number of hydrogen-bond acceptors (Lipinski definition) is 5. The molecule has 216 valence electrons. The number of phenolic OH excluding ortho intramolecular Hbond substituents is 1. The van der Waals surface area contributed by atoms with Crippen LogP contribution in [0.5, 0.6) is 5.75 Å². The van der Waals surface area contributed by atoms with Crippen LogP contribution in [-0.2, 0) is 19.2 Å². The molecule has 7 rings (SSSR count). The van der Waals surface area contributed by atoms with Crippen LogP contribution in [-0.4, -0.2) is 28.7 Å². The molecule has 0 aromatic heterocycles. The van der Waals surface area contributed by atoms with E-state index in [4.69, 9.17) is 0 Å². The van der Waals surface area contributed by atoms with E-state index in [9.17, 15) is 28.7 Å². The molecule has 6 atom stereocenters. The second-order valence-electron chi connectivity index (χ2n) is 12.0. The summed E-state index contributed by atoms with van der Waals surface area (Å²) in [5, 5.41) is 11.0. The molecular weight excluding hydrogens is 547 g/mol. The van der Waals surface area contributed by atoms with Crippen LogP contribution in [0.15, 0.2) is 91.0 Å². The van der Waals surface area contributed by atoms with Crippen molar-refractivity contribution in [3.63, 3.8) is 0 Å². The van der Waals surface area contributed by atoms with Crippen LogP contribution in [0.25, 0.3) is 6.08 Å². The number of rotatable bonds is 4. The zero-order chi connectivity index (χ0) is 30.2. The number of benzene rings is 3. The Bertz CT molecular complexity index is 1750. The number of para-hydroxylation sites is 2. The Labute approximate surface area is 247 Å². The summed E-state index contributed by atoms with van der Waals surface area (Å²) < 4.78 is 14.8. The lowest BCUT2D eigenvalue weighted by Gasteiger charge is -2.49. The van der Waals surface area contributed by atoms with E-state index in [-0.39, 0.29) is 30.2 Å². The van der Waals surface area contributed by atoms with Crippen LogP contribution in [0.4, 0.5) is 15.8 Å². The highest BCUT2D eigenvalue weighted by Gasteiger charge is 2.68. The molecule has 6 unspecified atom stereocenters. The summed E-state index contributed by atoms with van der Waals surface area (Å²) in [6.45, 7) is 5.46. The normalized spacial score (nSPS) is 29.7. The van der Waals surface area contributed by atoms with Crippen LogP contribution >= 0.6 is 0 Å². The lowest BCUT2D eigenvalue weighted by atomic mass is 9.51. The van der Waals surface area contributed by atoms with Gasteiger partial charge in [0.25, 0.3) is 0 Å². The number of fused-ring (bicyclic) bond motifs is 4. The maximum atomic E-state index is 14.8. The molecule has 0 spiro atoms. The monoisotopic (exact) mass is 576 g/mol. The van der Waals surface area contributed by atoms with Gasteiger partial charge in [0.05, 0.1) is 34.5 Å². The van der Waals surface area contributed by atoms with Crippen molar-refractivity contribution in [2.45, 2.75) is 25.7 Å². The van der Waals surface area contributed by atoms with Gasteiger partial charge in [-0.2, -0.15) is 0 Å². The van der Waals surface area contributed by atoms with E-state index in [1.54, 1.807) is 73.7 Å². The maximum Gasteiger partial charge on any atom is 0.241 e. The van der Waals surface area contributed by atoms with Crippen LogP contribution < -0.4 is 9.80 Å². The van der Waals surface area contributed by atoms with E-state index in [1.165, 1.54) is 15.9 Å². The molecule has 2 aliphatic heterocycles. The lowest BCUT2D eigenvalue weighted by molar-refractivity contribution is -0.131. The molecular formula is C35H29FN2O5. The topological polar surface area (TPSA) is 95.0 Å². The summed E-state index contributed by atoms with van der Waals surface area (Å²) in [6.07, 6.45) is 3.97. The van der Waals surface area contributed by atoms with E-state index in [2.05, 4.69) is 6.58 Å². The van der Waals surface area contributed by atoms with Gasteiger partial charge in [0.2, 0.25) is 23.6 Å². The van der Waals surface area contributed by atoms with Crippen molar-refractivity contribution in [2.75, 3.05) is 9.80 Å². The number of amides is 4. The van der Waals surface area contributed by atoms with Gasteiger partial charge in [0.15, 0.2) is 11.6 Å². The Balaban J connectivity index is 1.37. The third-order valence-corrected chi connectivity index (χ3v) is 10.0. The van der Waals surface area contributed by atoms with E-state index in [0.29, 0.717) is 16.9 Å². The second-order valence-corrected chi connectivity index (χ2v) is 12.0. The average Bonchev–Trinajstić information content (AvgIpc) is 3.39. The molecule has 4 amide bonds. The number of allylic oxidation sites excluding steroid dienone is 2. The predicted octanol–water partition coefficient (Wildman–Crippen LogP) is 5.61. The number of hydrogen-bond donors (Lipinski definition) is 1. The van der Waals surface area contributed by atoms with Crippen molar-refractivity contribution in [3.05, 3.63) is 108 Å². The van der Waals surface area contributed by atoms with Crippen LogP contribution in [0.2, 0.25) is 0 Å². The summed E-state index contributed by atoms with van der Waals surface area (Å²) in [4.78, 5) is 58.7. The number of phenols is 1. The van der Waals surface area contributed by atoms with E-state index >= 15 is 0 Å². The molecule has 1 saturated carbocycles.